The second-order valence-corrected chi connectivity index (χ2v) is 7.00. The highest BCUT2D eigenvalue weighted by Gasteiger charge is 2.16. The number of fused-ring (bicyclic) bond motifs is 1. The van der Waals surface area contributed by atoms with E-state index < -0.39 is 10.8 Å². The van der Waals surface area contributed by atoms with Crippen LogP contribution in [0.5, 0.6) is 5.75 Å². The smallest absolute Gasteiger partial charge is 0.270 e. The van der Waals surface area contributed by atoms with Gasteiger partial charge in [0.2, 0.25) is 5.95 Å². The molecule has 8 nitrogen and oxygen atoms in total. The van der Waals surface area contributed by atoms with Crippen molar-refractivity contribution in [3.63, 3.8) is 0 Å². The molecule has 1 heterocycles. The van der Waals surface area contributed by atoms with E-state index >= 15 is 0 Å². The van der Waals surface area contributed by atoms with Gasteiger partial charge in [0.05, 0.1) is 22.5 Å². The maximum atomic E-state index is 12.7. The van der Waals surface area contributed by atoms with Gasteiger partial charge in [-0.05, 0) is 42.8 Å². The summed E-state index contributed by atoms with van der Waals surface area (Å²) < 4.78 is 7.72. The Balaban J connectivity index is 1.56. The fourth-order valence-electron chi connectivity index (χ4n) is 3.29. The fourth-order valence-corrected chi connectivity index (χ4v) is 3.29. The van der Waals surface area contributed by atoms with Crippen LogP contribution in [-0.2, 0) is 6.54 Å². The number of amides is 1. The molecule has 0 fully saturated rings. The molecule has 0 saturated carbocycles. The number of nitrogens with one attached hydrogen (secondary N) is 1. The lowest BCUT2D eigenvalue weighted by Crippen LogP contribution is -2.18. The summed E-state index contributed by atoms with van der Waals surface area (Å²) in [5.41, 5.74) is 2.73. The molecule has 0 saturated heterocycles. The van der Waals surface area contributed by atoms with Crippen LogP contribution < -0.4 is 10.1 Å². The number of non-ortho nitro benzene ring substituents is 1. The summed E-state index contributed by atoms with van der Waals surface area (Å²) in [7, 11) is 0. The highest BCUT2D eigenvalue weighted by atomic mass is 16.6. The summed E-state index contributed by atoms with van der Waals surface area (Å²) in [4.78, 5) is 27.7. The topological polar surface area (TPSA) is 99.3 Å². The number of carbonyl (C=O) groups excluding carboxylic acids is 1. The standard InChI is InChI=1S/C23H20N4O4/c1-16-6-4-9-19(14-16)31-13-12-26-21-11-3-2-10-20(21)24-23(26)25-22(28)17-7-5-8-18(15-17)27(29)30/h2-11,14-15H,12-13H2,1H3,(H,24,25,28). The second kappa shape index (κ2) is 8.66. The number of imidazole rings is 1. The molecule has 1 amide bonds. The number of carbonyl (C=O) groups is 1. The third-order valence-corrected chi connectivity index (χ3v) is 4.77. The number of rotatable bonds is 7. The molecule has 4 aromatic rings. The van der Waals surface area contributed by atoms with Crippen molar-refractivity contribution in [2.75, 3.05) is 11.9 Å². The molecule has 8 heteroatoms. The first-order valence-electron chi connectivity index (χ1n) is 9.72. The Morgan fingerprint density at radius 2 is 1.90 bits per heavy atom. The van der Waals surface area contributed by atoms with Crippen LogP contribution in [0.25, 0.3) is 11.0 Å². The van der Waals surface area contributed by atoms with Crippen molar-refractivity contribution in [3.05, 3.63) is 94.0 Å². The Bertz CT molecular complexity index is 1270. The maximum Gasteiger partial charge on any atom is 0.270 e. The lowest BCUT2D eigenvalue weighted by molar-refractivity contribution is -0.384. The number of benzene rings is 3. The summed E-state index contributed by atoms with van der Waals surface area (Å²) in [5, 5.41) is 13.8. The predicted molar refractivity (Wildman–Crippen MR) is 117 cm³/mol. The summed E-state index contributed by atoms with van der Waals surface area (Å²) in [6, 6.07) is 20.9. The Labute approximate surface area is 178 Å². The maximum absolute atomic E-state index is 12.7. The highest BCUT2D eigenvalue weighted by molar-refractivity contribution is 6.04. The van der Waals surface area contributed by atoms with Crippen molar-refractivity contribution < 1.29 is 14.5 Å². The molecule has 156 valence electrons. The average molecular weight is 416 g/mol. The zero-order valence-corrected chi connectivity index (χ0v) is 16.8. The quantitative estimate of drug-likeness (QED) is 0.351. The number of nitro groups is 1. The summed E-state index contributed by atoms with van der Waals surface area (Å²) >= 11 is 0. The molecule has 0 unspecified atom stereocenters. The number of hydrogen-bond donors (Lipinski definition) is 1. The van der Waals surface area contributed by atoms with E-state index in [-0.39, 0.29) is 11.3 Å². The van der Waals surface area contributed by atoms with E-state index in [9.17, 15) is 14.9 Å². The number of nitro benzene ring substituents is 1. The number of ether oxygens (including phenoxy) is 1. The molecule has 0 radical (unpaired) electrons. The van der Waals surface area contributed by atoms with Gasteiger partial charge >= 0.3 is 0 Å². The van der Waals surface area contributed by atoms with Crippen molar-refractivity contribution in [1.82, 2.24) is 9.55 Å². The zero-order chi connectivity index (χ0) is 21.8. The minimum atomic E-state index is -0.533. The van der Waals surface area contributed by atoms with Crippen molar-refractivity contribution >= 4 is 28.6 Å². The van der Waals surface area contributed by atoms with Crippen LogP contribution in [0.3, 0.4) is 0 Å². The van der Waals surface area contributed by atoms with Crippen LogP contribution in [-0.4, -0.2) is 27.0 Å². The summed E-state index contributed by atoms with van der Waals surface area (Å²) in [5.74, 6) is 0.650. The molecule has 4 rings (SSSR count). The Morgan fingerprint density at radius 3 is 2.71 bits per heavy atom. The van der Waals surface area contributed by atoms with Crippen LogP contribution in [0.15, 0.2) is 72.8 Å². The zero-order valence-electron chi connectivity index (χ0n) is 16.8. The van der Waals surface area contributed by atoms with E-state index in [1.807, 2.05) is 60.0 Å². The van der Waals surface area contributed by atoms with Crippen molar-refractivity contribution in [2.45, 2.75) is 13.5 Å². The molecule has 0 aliphatic rings. The molecule has 1 aromatic heterocycles. The van der Waals surface area contributed by atoms with Gasteiger partial charge in [0.15, 0.2) is 0 Å². The van der Waals surface area contributed by atoms with Crippen LogP contribution in [0.2, 0.25) is 0 Å². The lowest BCUT2D eigenvalue weighted by Gasteiger charge is -2.12. The third-order valence-electron chi connectivity index (χ3n) is 4.77. The molecule has 3 aromatic carbocycles. The van der Waals surface area contributed by atoms with E-state index in [1.165, 1.54) is 24.3 Å². The van der Waals surface area contributed by atoms with Gasteiger partial charge < -0.3 is 9.30 Å². The summed E-state index contributed by atoms with van der Waals surface area (Å²) in [6.45, 7) is 2.83. The molecule has 0 aliphatic carbocycles. The molecular weight excluding hydrogens is 396 g/mol. The number of aryl methyl sites for hydroxylation is 1. The Hall–Kier alpha value is -4.20. The normalized spacial score (nSPS) is 10.7. The Kier molecular flexibility index (Phi) is 5.61. The van der Waals surface area contributed by atoms with Crippen LogP contribution in [0.4, 0.5) is 11.6 Å². The van der Waals surface area contributed by atoms with E-state index in [2.05, 4.69) is 10.3 Å². The minimum absolute atomic E-state index is 0.146. The SMILES string of the molecule is Cc1cccc(OCCn2c(NC(=O)c3cccc([N+](=O)[O-])c3)nc3ccccc32)c1. The Morgan fingerprint density at radius 1 is 1.10 bits per heavy atom. The first kappa shape index (κ1) is 20.1. The van der Waals surface area contributed by atoms with Gasteiger partial charge in [-0.15, -0.1) is 0 Å². The summed E-state index contributed by atoms with van der Waals surface area (Å²) in [6.07, 6.45) is 0. The van der Waals surface area contributed by atoms with E-state index in [0.717, 1.165) is 22.3 Å². The molecule has 1 N–H and O–H groups in total. The number of hydrogen-bond acceptors (Lipinski definition) is 5. The predicted octanol–water partition coefficient (Wildman–Crippen LogP) is 4.58. The monoisotopic (exact) mass is 416 g/mol. The third kappa shape index (κ3) is 4.53. The van der Waals surface area contributed by atoms with Crippen LogP contribution in [0, 0.1) is 17.0 Å². The molecule has 31 heavy (non-hydrogen) atoms. The van der Waals surface area contributed by atoms with Gasteiger partial charge in [0, 0.05) is 17.7 Å². The van der Waals surface area contributed by atoms with Crippen molar-refractivity contribution in [2.24, 2.45) is 0 Å². The van der Waals surface area contributed by atoms with Gasteiger partial charge in [-0.25, -0.2) is 4.98 Å². The highest BCUT2D eigenvalue weighted by Crippen LogP contribution is 2.21. The molecular formula is C23H20N4O4. The van der Waals surface area contributed by atoms with Crippen LogP contribution >= 0.6 is 0 Å². The van der Waals surface area contributed by atoms with Gasteiger partial charge in [-0.2, -0.15) is 0 Å². The fraction of sp³-hybridized carbons (Fsp3) is 0.130. The van der Waals surface area contributed by atoms with Crippen LogP contribution in [0.1, 0.15) is 15.9 Å². The van der Waals surface area contributed by atoms with Gasteiger partial charge in [-0.3, -0.25) is 20.2 Å². The number of nitrogens with zero attached hydrogens (tertiary/aromatic N) is 3. The largest absolute Gasteiger partial charge is 0.492 e. The lowest BCUT2D eigenvalue weighted by atomic mass is 10.2. The van der Waals surface area contributed by atoms with Crippen molar-refractivity contribution in [3.8, 4) is 5.75 Å². The minimum Gasteiger partial charge on any atom is -0.492 e. The van der Waals surface area contributed by atoms with E-state index in [1.54, 1.807) is 0 Å². The number of aromatic nitrogens is 2. The second-order valence-electron chi connectivity index (χ2n) is 7.00. The average Bonchev–Trinajstić information content (AvgIpc) is 3.11. The number of anilines is 1. The van der Waals surface area contributed by atoms with Gasteiger partial charge in [0.25, 0.3) is 11.6 Å². The molecule has 0 aliphatic heterocycles. The number of para-hydroxylation sites is 2. The van der Waals surface area contributed by atoms with Gasteiger partial charge in [-0.1, -0.05) is 30.3 Å². The van der Waals surface area contributed by atoms with Gasteiger partial charge in [0.1, 0.15) is 12.4 Å². The molecule has 0 bridgehead atoms. The van der Waals surface area contributed by atoms with Crippen molar-refractivity contribution in [1.29, 1.82) is 0 Å². The van der Waals surface area contributed by atoms with E-state index in [0.29, 0.717) is 19.1 Å². The molecule has 0 atom stereocenters. The van der Waals surface area contributed by atoms with E-state index in [4.69, 9.17) is 4.74 Å². The molecule has 0 spiro atoms. The first-order valence-corrected chi connectivity index (χ1v) is 9.72. The first-order chi connectivity index (χ1) is 15.0.